The molecule has 0 fully saturated rings. The predicted octanol–water partition coefficient (Wildman–Crippen LogP) is -2.49. The summed E-state index contributed by atoms with van der Waals surface area (Å²) in [5.74, 6) is -0.497. The second kappa shape index (κ2) is 10.6. The van der Waals surface area contributed by atoms with E-state index < -0.39 is 30.9 Å². The summed E-state index contributed by atoms with van der Waals surface area (Å²) in [7, 11) is -9.51. The molecule has 4 aromatic carbocycles. The molecule has 14 heteroatoms. The molecule has 0 saturated carbocycles. The first-order valence-electron chi connectivity index (χ1n) is 8.87. The minimum Gasteiger partial charge on any atom is -0.744 e. The number of benzene rings is 4. The number of anilines is 1. The Morgan fingerprint density at radius 1 is 0.794 bits per heavy atom. The summed E-state index contributed by atoms with van der Waals surface area (Å²) >= 11 is 0. The van der Waals surface area contributed by atoms with Crippen molar-refractivity contribution in [3.8, 4) is 5.75 Å². The molecule has 0 bridgehead atoms. The number of rotatable bonds is 4. The number of phenols is 1. The van der Waals surface area contributed by atoms with Crippen molar-refractivity contribution in [2.24, 2.45) is 10.2 Å². The molecule has 0 saturated heterocycles. The van der Waals surface area contributed by atoms with E-state index in [1.807, 2.05) is 0 Å². The number of nitrogens with two attached hydrogens (primary N) is 1. The van der Waals surface area contributed by atoms with E-state index in [1.165, 1.54) is 42.5 Å². The third-order valence-electron chi connectivity index (χ3n) is 4.73. The van der Waals surface area contributed by atoms with Crippen molar-refractivity contribution < 1.29 is 90.2 Å². The molecule has 0 atom stereocenters. The van der Waals surface area contributed by atoms with Gasteiger partial charge in [-0.25, -0.2) is 16.8 Å². The van der Waals surface area contributed by atoms with E-state index in [0.717, 1.165) is 12.1 Å². The number of azo groups is 1. The summed E-state index contributed by atoms with van der Waals surface area (Å²) in [5, 5.41) is 19.2. The summed E-state index contributed by atoms with van der Waals surface area (Å²) in [6.07, 6.45) is 0. The van der Waals surface area contributed by atoms with Gasteiger partial charge in [-0.2, -0.15) is 5.11 Å². The van der Waals surface area contributed by atoms with Crippen LogP contribution in [0.3, 0.4) is 0 Å². The van der Waals surface area contributed by atoms with E-state index >= 15 is 0 Å². The van der Waals surface area contributed by atoms with E-state index in [9.17, 15) is 31.0 Å². The summed E-state index contributed by atoms with van der Waals surface area (Å²) in [6, 6.07) is 13.4. The Morgan fingerprint density at radius 3 is 2.15 bits per heavy atom. The van der Waals surface area contributed by atoms with Gasteiger partial charge in [-0.1, -0.05) is 18.2 Å². The molecule has 0 spiro atoms. The number of phenolic OH excluding ortho intramolecular Hbond substituents is 1. The zero-order valence-corrected chi connectivity index (χ0v) is 23.6. The first-order valence-corrected chi connectivity index (χ1v) is 11.7. The molecule has 0 aliphatic heterocycles. The Kier molecular flexibility index (Phi) is 8.92. The van der Waals surface area contributed by atoms with Crippen LogP contribution in [-0.2, 0) is 20.2 Å². The van der Waals surface area contributed by atoms with Crippen LogP contribution in [0.25, 0.3) is 21.5 Å². The topological polar surface area (TPSA) is 185 Å². The van der Waals surface area contributed by atoms with Gasteiger partial charge in [-0.15, -0.1) is 5.11 Å². The fourth-order valence-corrected chi connectivity index (χ4v) is 4.53. The van der Waals surface area contributed by atoms with Crippen molar-refractivity contribution in [3.05, 3.63) is 60.7 Å². The van der Waals surface area contributed by atoms with Crippen molar-refractivity contribution in [2.45, 2.75) is 9.79 Å². The maximum absolute atomic E-state index is 11.4. The minimum atomic E-state index is -4.85. The van der Waals surface area contributed by atoms with Crippen molar-refractivity contribution in [1.29, 1.82) is 0 Å². The fourth-order valence-electron chi connectivity index (χ4n) is 3.31. The Balaban J connectivity index is 0.00000204. The molecule has 34 heavy (non-hydrogen) atoms. The van der Waals surface area contributed by atoms with E-state index in [0.29, 0.717) is 11.1 Å². The number of nitrogens with zero attached hydrogens (tertiary/aromatic N) is 2. The van der Waals surface area contributed by atoms with E-state index in [1.54, 1.807) is 6.07 Å². The van der Waals surface area contributed by atoms with Gasteiger partial charge in [0, 0.05) is 16.5 Å². The van der Waals surface area contributed by atoms with Crippen molar-refractivity contribution in [3.63, 3.8) is 0 Å². The van der Waals surface area contributed by atoms with Crippen LogP contribution in [0, 0.1) is 0 Å². The Labute approximate surface area is 239 Å². The van der Waals surface area contributed by atoms with Gasteiger partial charge in [0.05, 0.1) is 21.2 Å². The maximum atomic E-state index is 11.4. The molecule has 0 heterocycles. The minimum absolute atomic E-state index is 0. The Morgan fingerprint density at radius 2 is 1.50 bits per heavy atom. The van der Waals surface area contributed by atoms with Crippen LogP contribution in [0.2, 0.25) is 0 Å². The smallest absolute Gasteiger partial charge is 0.744 e. The molecule has 0 aliphatic rings. The maximum Gasteiger partial charge on any atom is 1.00 e. The Hall–Kier alpha value is -1.58. The Bertz CT molecular complexity index is 1660. The molecule has 0 aliphatic carbocycles. The van der Waals surface area contributed by atoms with Gasteiger partial charge >= 0.3 is 59.1 Å². The molecule has 0 unspecified atom stereocenters. The van der Waals surface area contributed by atoms with Crippen LogP contribution in [0.1, 0.15) is 0 Å². The third-order valence-corrected chi connectivity index (χ3v) is 6.44. The molecule has 164 valence electrons. The fraction of sp³-hybridized carbons (Fsp3) is 0. The third kappa shape index (κ3) is 5.79. The quantitative estimate of drug-likeness (QED) is 0.129. The van der Waals surface area contributed by atoms with E-state index in [4.69, 9.17) is 5.73 Å². The molecular formula is C20H13N3Na2O7S2. The van der Waals surface area contributed by atoms with Gasteiger partial charge in [-0.3, -0.25) is 0 Å². The molecule has 4 rings (SSSR count). The number of aromatic hydroxyl groups is 1. The van der Waals surface area contributed by atoms with Gasteiger partial charge < -0.3 is 19.9 Å². The van der Waals surface area contributed by atoms with E-state index in [-0.39, 0.29) is 91.5 Å². The number of nitrogen functional groups attached to an aromatic ring is 1. The van der Waals surface area contributed by atoms with Crippen molar-refractivity contribution in [1.82, 2.24) is 0 Å². The summed E-state index contributed by atoms with van der Waals surface area (Å²) in [4.78, 5) is -1.01. The first-order chi connectivity index (χ1) is 14.9. The summed E-state index contributed by atoms with van der Waals surface area (Å²) in [5.41, 5.74) is 6.45. The SMILES string of the molecule is Nc1ccc(N=Nc2ccc3c(S(=O)(=O)[O-])cccc3c2)c2cc(S(=O)(=O)[O-])cc(O)c12.[Na+].[Na+]. The van der Waals surface area contributed by atoms with Gasteiger partial charge in [0.2, 0.25) is 0 Å². The largest absolute Gasteiger partial charge is 1.00 e. The number of hydrogen-bond donors (Lipinski definition) is 2. The van der Waals surface area contributed by atoms with Crippen LogP contribution in [0.5, 0.6) is 5.75 Å². The van der Waals surface area contributed by atoms with Crippen LogP contribution in [-0.4, -0.2) is 31.0 Å². The van der Waals surface area contributed by atoms with Gasteiger partial charge in [0.15, 0.2) is 0 Å². The van der Waals surface area contributed by atoms with Crippen LogP contribution >= 0.6 is 0 Å². The van der Waals surface area contributed by atoms with E-state index in [2.05, 4.69) is 10.2 Å². The second-order valence-electron chi connectivity index (χ2n) is 6.81. The number of fused-ring (bicyclic) bond motifs is 2. The normalized spacial score (nSPS) is 11.9. The summed E-state index contributed by atoms with van der Waals surface area (Å²) < 4.78 is 68.5. The molecule has 3 N–H and O–H groups in total. The standard InChI is InChI=1S/C20H15N3O7S2.2Na/c21-16-6-7-17(15-9-13(31(25,26)27)10-18(24)20(15)16)23-22-12-4-5-14-11(8-12)2-1-3-19(14)32(28,29)30;;/h1-10,24H,21H2,(H,25,26,27)(H,28,29,30);;/q;2*+1/p-2. The predicted molar refractivity (Wildman–Crippen MR) is 114 cm³/mol. The molecule has 0 radical (unpaired) electrons. The molecule has 4 aromatic rings. The first kappa shape index (κ1) is 28.7. The van der Waals surface area contributed by atoms with Gasteiger partial charge in [0.1, 0.15) is 26.0 Å². The molecule has 0 aromatic heterocycles. The molecule has 0 amide bonds. The average molecular weight is 517 g/mol. The summed E-state index contributed by atoms with van der Waals surface area (Å²) in [6.45, 7) is 0. The monoisotopic (exact) mass is 517 g/mol. The van der Waals surface area contributed by atoms with Gasteiger partial charge in [0.25, 0.3) is 0 Å². The van der Waals surface area contributed by atoms with Crippen molar-refractivity contribution >= 4 is 58.8 Å². The van der Waals surface area contributed by atoms with Crippen LogP contribution in [0.4, 0.5) is 17.1 Å². The van der Waals surface area contributed by atoms with Gasteiger partial charge in [-0.05, 0) is 53.2 Å². The zero-order valence-electron chi connectivity index (χ0n) is 18.0. The molecular weight excluding hydrogens is 504 g/mol. The van der Waals surface area contributed by atoms with Crippen LogP contribution < -0.4 is 64.8 Å². The number of hydrogen-bond acceptors (Lipinski definition) is 10. The van der Waals surface area contributed by atoms with Crippen molar-refractivity contribution in [2.75, 3.05) is 5.73 Å². The average Bonchev–Trinajstić information content (AvgIpc) is 2.71. The second-order valence-corrected chi connectivity index (χ2v) is 9.54. The van der Waals surface area contributed by atoms with Crippen LogP contribution in [0.15, 0.2) is 80.7 Å². The molecule has 10 nitrogen and oxygen atoms in total. The zero-order chi connectivity index (χ0) is 23.3.